The maximum absolute atomic E-state index is 13.0. The summed E-state index contributed by atoms with van der Waals surface area (Å²) in [5.41, 5.74) is 0. The van der Waals surface area contributed by atoms with Crippen molar-refractivity contribution >= 4 is 11.8 Å². The summed E-state index contributed by atoms with van der Waals surface area (Å²) in [5.74, 6) is 6.72. The van der Waals surface area contributed by atoms with Crippen molar-refractivity contribution in [2.45, 2.75) is 31.2 Å². The highest BCUT2D eigenvalue weighted by molar-refractivity contribution is 7.99. The third-order valence-corrected chi connectivity index (χ3v) is 3.42. The van der Waals surface area contributed by atoms with Gasteiger partial charge in [0.15, 0.2) is 0 Å². The van der Waals surface area contributed by atoms with E-state index in [9.17, 15) is 4.39 Å². The number of rotatable bonds is 6. The third kappa shape index (κ3) is 5.76. The van der Waals surface area contributed by atoms with Crippen LogP contribution in [0.1, 0.15) is 20.3 Å². The Labute approximate surface area is 107 Å². The molecular formula is C14H18FNS. The Bertz CT molecular complexity index is 395. The van der Waals surface area contributed by atoms with Gasteiger partial charge in [0.1, 0.15) is 5.82 Å². The molecule has 0 aliphatic rings. The Morgan fingerprint density at radius 3 is 2.94 bits per heavy atom. The molecule has 1 rings (SSSR count). The van der Waals surface area contributed by atoms with Crippen LogP contribution in [0.15, 0.2) is 29.2 Å². The van der Waals surface area contributed by atoms with E-state index < -0.39 is 0 Å². The van der Waals surface area contributed by atoms with Crippen molar-refractivity contribution in [1.82, 2.24) is 5.32 Å². The van der Waals surface area contributed by atoms with E-state index in [2.05, 4.69) is 24.1 Å². The van der Waals surface area contributed by atoms with Crippen LogP contribution in [0.25, 0.3) is 0 Å². The van der Waals surface area contributed by atoms with E-state index in [4.69, 9.17) is 0 Å². The summed E-state index contributed by atoms with van der Waals surface area (Å²) in [6, 6.07) is 7.07. The zero-order valence-electron chi connectivity index (χ0n) is 10.3. The lowest BCUT2D eigenvalue weighted by Gasteiger charge is -2.14. The summed E-state index contributed by atoms with van der Waals surface area (Å²) in [6.07, 6.45) is 0.840. The summed E-state index contributed by atoms with van der Waals surface area (Å²) in [4.78, 5) is 0.970. The topological polar surface area (TPSA) is 12.0 Å². The molecule has 0 bridgehead atoms. The van der Waals surface area contributed by atoms with Crippen LogP contribution in [0.5, 0.6) is 0 Å². The predicted molar refractivity (Wildman–Crippen MR) is 72.7 cm³/mol. The van der Waals surface area contributed by atoms with E-state index in [-0.39, 0.29) is 5.82 Å². The molecule has 1 atom stereocenters. The molecule has 3 heteroatoms. The van der Waals surface area contributed by atoms with Gasteiger partial charge < -0.3 is 5.32 Å². The highest BCUT2D eigenvalue weighted by Crippen LogP contribution is 2.20. The molecule has 1 aromatic carbocycles. The number of hydrogen-bond donors (Lipinski definition) is 1. The van der Waals surface area contributed by atoms with Crippen LogP contribution in [0.4, 0.5) is 4.39 Å². The Morgan fingerprint density at radius 1 is 1.47 bits per heavy atom. The first-order valence-corrected chi connectivity index (χ1v) is 6.76. The molecule has 0 aliphatic heterocycles. The van der Waals surface area contributed by atoms with Crippen LogP contribution in [0.3, 0.4) is 0 Å². The van der Waals surface area contributed by atoms with Gasteiger partial charge in [0.2, 0.25) is 0 Å². The zero-order valence-corrected chi connectivity index (χ0v) is 11.1. The normalized spacial score (nSPS) is 11.7. The standard InChI is InChI=1S/C14H18FNS/c1-3-5-8-13(16-4-2)11-17-14-9-6-7-12(15)10-14/h6-7,9-10,13,16H,4,8,11H2,1-2H3. The van der Waals surface area contributed by atoms with Crippen molar-refractivity contribution in [3.63, 3.8) is 0 Å². The van der Waals surface area contributed by atoms with Crippen LogP contribution in [0.2, 0.25) is 0 Å². The average molecular weight is 251 g/mol. The summed E-state index contributed by atoms with van der Waals surface area (Å²) in [7, 11) is 0. The second-order valence-corrected chi connectivity index (χ2v) is 4.75. The maximum Gasteiger partial charge on any atom is 0.124 e. The lowest BCUT2D eigenvalue weighted by Crippen LogP contribution is -2.30. The Hall–Kier alpha value is -0.980. The fourth-order valence-corrected chi connectivity index (χ4v) is 2.46. The molecule has 0 amide bonds. The summed E-state index contributed by atoms with van der Waals surface area (Å²) in [5, 5.41) is 3.39. The highest BCUT2D eigenvalue weighted by Gasteiger charge is 2.06. The van der Waals surface area contributed by atoms with Gasteiger partial charge in [0.05, 0.1) is 0 Å². The average Bonchev–Trinajstić information content (AvgIpc) is 2.33. The SMILES string of the molecule is CC#CCC(CSc1cccc(F)c1)NCC. The van der Waals surface area contributed by atoms with E-state index in [0.717, 1.165) is 23.6 Å². The maximum atomic E-state index is 13.0. The first kappa shape index (κ1) is 14.1. The molecule has 0 saturated heterocycles. The molecule has 1 nitrogen and oxygen atoms in total. The quantitative estimate of drug-likeness (QED) is 0.615. The Kier molecular flexibility index (Phi) is 6.76. The van der Waals surface area contributed by atoms with Gasteiger partial charge in [0, 0.05) is 23.1 Å². The van der Waals surface area contributed by atoms with Gasteiger partial charge in [-0.05, 0) is 31.7 Å². The van der Waals surface area contributed by atoms with Crippen molar-refractivity contribution < 1.29 is 4.39 Å². The van der Waals surface area contributed by atoms with Crippen LogP contribution < -0.4 is 5.32 Å². The minimum Gasteiger partial charge on any atom is -0.312 e. The molecule has 92 valence electrons. The molecule has 0 aliphatic carbocycles. The van der Waals surface area contributed by atoms with E-state index in [1.807, 2.05) is 13.0 Å². The first-order chi connectivity index (χ1) is 8.26. The minimum atomic E-state index is -0.177. The first-order valence-electron chi connectivity index (χ1n) is 5.77. The monoisotopic (exact) mass is 251 g/mol. The summed E-state index contributed by atoms with van der Waals surface area (Å²) < 4.78 is 13.0. The van der Waals surface area contributed by atoms with Gasteiger partial charge in [-0.2, -0.15) is 0 Å². The van der Waals surface area contributed by atoms with Gasteiger partial charge in [0.25, 0.3) is 0 Å². The fraction of sp³-hybridized carbons (Fsp3) is 0.429. The van der Waals surface area contributed by atoms with Crippen LogP contribution >= 0.6 is 11.8 Å². The lowest BCUT2D eigenvalue weighted by atomic mass is 10.2. The zero-order chi connectivity index (χ0) is 12.5. The molecule has 1 aromatic rings. The van der Waals surface area contributed by atoms with Gasteiger partial charge in [-0.25, -0.2) is 4.39 Å². The molecule has 0 saturated carbocycles. The largest absolute Gasteiger partial charge is 0.312 e. The van der Waals surface area contributed by atoms with Crippen molar-refractivity contribution in [3.8, 4) is 11.8 Å². The second kappa shape index (κ2) is 8.16. The van der Waals surface area contributed by atoms with Crippen molar-refractivity contribution in [2.24, 2.45) is 0 Å². The minimum absolute atomic E-state index is 0.177. The van der Waals surface area contributed by atoms with Crippen LogP contribution in [0, 0.1) is 17.7 Å². The van der Waals surface area contributed by atoms with E-state index in [1.165, 1.54) is 6.07 Å². The Morgan fingerprint density at radius 2 is 2.29 bits per heavy atom. The molecule has 0 spiro atoms. The molecule has 0 fully saturated rings. The van der Waals surface area contributed by atoms with Crippen LogP contribution in [-0.4, -0.2) is 18.3 Å². The van der Waals surface area contributed by atoms with E-state index >= 15 is 0 Å². The second-order valence-electron chi connectivity index (χ2n) is 3.65. The molecule has 0 heterocycles. The Balaban J connectivity index is 2.47. The number of halogens is 1. The predicted octanol–water partition coefficient (Wildman–Crippen LogP) is 3.31. The number of nitrogens with one attached hydrogen (secondary N) is 1. The number of thioether (sulfide) groups is 1. The van der Waals surface area contributed by atoms with Crippen molar-refractivity contribution in [3.05, 3.63) is 30.1 Å². The van der Waals surface area contributed by atoms with E-state index in [1.54, 1.807) is 23.9 Å². The molecule has 1 unspecified atom stereocenters. The molecule has 17 heavy (non-hydrogen) atoms. The highest BCUT2D eigenvalue weighted by atomic mass is 32.2. The number of hydrogen-bond acceptors (Lipinski definition) is 2. The molecule has 1 N–H and O–H groups in total. The lowest BCUT2D eigenvalue weighted by molar-refractivity contribution is 0.587. The summed E-state index contributed by atoms with van der Waals surface area (Å²) >= 11 is 1.66. The molecule has 0 aromatic heterocycles. The van der Waals surface area contributed by atoms with Gasteiger partial charge in [-0.1, -0.05) is 13.0 Å². The molecular weight excluding hydrogens is 233 g/mol. The van der Waals surface area contributed by atoms with E-state index in [0.29, 0.717) is 6.04 Å². The smallest absolute Gasteiger partial charge is 0.124 e. The fourth-order valence-electron chi connectivity index (χ4n) is 1.46. The molecule has 0 radical (unpaired) electrons. The number of benzene rings is 1. The van der Waals surface area contributed by atoms with Gasteiger partial charge >= 0.3 is 0 Å². The summed E-state index contributed by atoms with van der Waals surface area (Å²) in [6.45, 7) is 4.86. The third-order valence-electron chi connectivity index (χ3n) is 2.27. The van der Waals surface area contributed by atoms with Gasteiger partial charge in [-0.15, -0.1) is 23.6 Å². The van der Waals surface area contributed by atoms with Crippen molar-refractivity contribution in [2.75, 3.05) is 12.3 Å². The van der Waals surface area contributed by atoms with Gasteiger partial charge in [-0.3, -0.25) is 0 Å². The van der Waals surface area contributed by atoms with Crippen molar-refractivity contribution in [1.29, 1.82) is 0 Å². The van der Waals surface area contributed by atoms with Crippen LogP contribution in [-0.2, 0) is 0 Å².